The van der Waals surface area contributed by atoms with Crippen LogP contribution in [-0.2, 0) is 29.3 Å². The number of ether oxygens (including phenoxy) is 1. The lowest BCUT2D eigenvalue weighted by Gasteiger charge is -2.38. The third-order valence-electron chi connectivity index (χ3n) is 7.31. The highest BCUT2D eigenvalue weighted by Gasteiger charge is 2.37. The quantitative estimate of drug-likeness (QED) is 0.274. The Balaban J connectivity index is 1.38. The van der Waals surface area contributed by atoms with E-state index in [0.717, 1.165) is 5.56 Å². The fourth-order valence-electron chi connectivity index (χ4n) is 5.01. The van der Waals surface area contributed by atoms with Gasteiger partial charge in [0.15, 0.2) is 5.71 Å². The smallest absolute Gasteiger partial charge is 0.385 e. The number of alkyl halides is 6. The molecule has 0 amide bonds. The maximum Gasteiger partial charge on any atom is 0.416 e. The minimum absolute atomic E-state index is 0.0787. The Kier molecular flexibility index (Phi) is 9.45. The molecule has 0 bridgehead atoms. The van der Waals surface area contributed by atoms with Crippen LogP contribution in [0.4, 0.5) is 26.3 Å². The molecule has 3 N–H and O–H groups in total. The summed E-state index contributed by atoms with van der Waals surface area (Å²) in [6, 6.07) is 14.3. The first kappa shape index (κ1) is 30.6. The van der Waals surface area contributed by atoms with E-state index in [9.17, 15) is 31.4 Å². The molecule has 220 valence electrons. The van der Waals surface area contributed by atoms with Crippen LogP contribution in [0.15, 0.2) is 66.9 Å². The lowest BCUT2D eigenvalue weighted by Crippen LogP contribution is -2.48. The van der Waals surface area contributed by atoms with Gasteiger partial charge in [-0.15, -0.1) is 0 Å². The van der Waals surface area contributed by atoms with Crippen molar-refractivity contribution in [2.75, 3.05) is 26.2 Å². The minimum atomic E-state index is -4.94. The Morgan fingerprint density at radius 3 is 2.15 bits per heavy atom. The van der Waals surface area contributed by atoms with Crippen LogP contribution >= 0.6 is 0 Å². The van der Waals surface area contributed by atoms with E-state index in [0.29, 0.717) is 62.4 Å². The highest BCUT2D eigenvalue weighted by molar-refractivity contribution is 5.86. The second-order valence-corrected chi connectivity index (χ2v) is 10.2. The van der Waals surface area contributed by atoms with Crippen molar-refractivity contribution < 1.29 is 41.6 Å². The fraction of sp³-hybridized carbons (Fsp3) is 0.414. The van der Waals surface area contributed by atoms with Crippen LogP contribution in [0, 0.1) is 0 Å². The maximum absolute atomic E-state index is 13.2. The van der Waals surface area contributed by atoms with Gasteiger partial charge in [0.25, 0.3) is 0 Å². The van der Waals surface area contributed by atoms with Crippen molar-refractivity contribution in [1.82, 2.24) is 15.1 Å². The number of nitrogens with two attached hydrogens (primary N) is 1. The number of hydrogen-bond acceptors (Lipinski definition) is 5. The Hall–Kier alpha value is -3.35. The minimum Gasteiger partial charge on any atom is -0.385 e. The van der Waals surface area contributed by atoms with Crippen molar-refractivity contribution in [3.8, 4) is 0 Å². The summed E-state index contributed by atoms with van der Waals surface area (Å²) in [6.07, 6.45) is -6.72. The molecular formula is C29H31F6N4O2+. The molecule has 1 aromatic heterocycles. The van der Waals surface area contributed by atoms with Crippen molar-refractivity contribution in [3.63, 3.8) is 0 Å². The van der Waals surface area contributed by atoms with Gasteiger partial charge in [-0.1, -0.05) is 30.3 Å². The van der Waals surface area contributed by atoms with Crippen LogP contribution in [0.3, 0.4) is 0 Å². The first-order chi connectivity index (χ1) is 19.3. The van der Waals surface area contributed by atoms with E-state index in [2.05, 4.69) is 15.1 Å². The van der Waals surface area contributed by atoms with Crippen LogP contribution in [0.5, 0.6) is 0 Å². The number of aromatic nitrogens is 2. The second kappa shape index (κ2) is 12.7. The number of piperidine rings is 1. The Labute approximate surface area is 233 Å². The molecule has 2 heterocycles. The molecule has 0 spiro atoms. The van der Waals surface area contributed by atoms with Gasteiger partial charge >= 0.3 is 12.4 Å². The Morgan fingerprint density at radius 2 is 1.59 bits per heavy atom. The van der Waals surface area contributed by atoms with E-state index in [1.165, 1.54) is 6.20 Å². The molecule has 1 unspecified atom stereocenters. The predicted octanol–water partition coefficient (Wildman–Crippen LogP) is 4.39. The summed E-state index contributed by atoms with van der Waals surface area (Å²) in [5, 5.41) is 25.5. The van der Waals surface area contributed by atoms with Gasteiger partial charge in [0.05, 0.1) is 34.9 Å². The van der Waals surface area contributed by atoms with Crippen molar-refractivity contribution >= 4 is 5.71 Å². The molecule has 41 heavy (non-hydrogen) atoms. The molecule has 0 radical (unpaired) electrons. The van der Waals surface area contributed by atoms with Gasteiger partial charge in [0.1, 0.15) is 6.61 Å². The zero-order valence-electron chi connectivity index (χ0n) is 22.1. The van der Waals surface area contributed by atoms with E-state index in [1.54, 1.807) is 12.1 Å². The summed E-state index contributed by atoms with van der Waals surface area (Å²) in [5.41, 5.74) is -2.18. The number of rotatable bonds is 10. The molecule has 0 saturated carbocycles. The van der Waals surface area contributed by atoms with E-state index < -0.39 is 41.6 Å². The molecule has 6 nitrogen and oxygen atoms in total. The molecule has 0 aliphatic carbocycles. The van der Waals surface area contributed by atoms with Crippen molar-refractivity contribution in [2.45, 2.75) is 49.7 Å². The average Bonchev–Trinajstić information content (AvgIpc) is 2.94. The molecule has 1 aliphatic rings. The zero-order chi connectivity index (χ0) is 29.7. The Bertz CT molecular complexity index is 1260. The largest absolute Gasteiger partial charge is 0.416 e. The number of aliphatic hydroxyl groups is 1. The van der Waals surface area contributed by atoms with Gasteiger partial charge in [-0.25, -0.2) is 0 Å². The average molecular weight is 582 g/mol. The van der Waals surface area contributed by atoms with Crippen LogP contribution in [0.25, 0.3) is 0 Å². The number of nitrogens with zero attached hydrogens (tertiary/aromatic N) is 3. The molecule has 1 saturated heterocycles. The van der Waals surface area contributed by atoms with Gasteiger partial charge in [-0.05, 0) is 67.3 Å². The number of benzene rings is 2. The predicted molar refractivity (Wildman–Crippen MR) is 138 cm³/mol. The van der Waals surface area contributed by atoms with Gasteiger partial charge in [-0.2, -0.15) is 36.5 Å². The normalized spacial score (nSPS) is 16.9. The van der Waals surface area contributed by atoms with Gasteiger partial charge in [-0.3, -0.25) is 5.41 Å². The summed E-state index contributed by atoms with van der Waals surface area (Å²) in [5.74, 6) is -0.411. The van der Waals surface area contributed by atoms with Gasteiger partial charge < -0.3 is 14.7 Å². The van der Waals surface area contributed by atoms with E-state index in [4.69, 9.17) is 10.1 Å². The first-order valence-electron chi connectivity index (χ1n) is 13.1. The summed E-state index contributed by atoms with van der Waals surface area (Å²) >= 11 is 0. The van der Waals surface area contributed by atoms with Crippen molar-refractivity contribution in [2.24, 2.45) is 0 Å². The highest BCUT2D eigenvalue weighted by atomic mass is 19.4. The summed E-state index contributed by atoms with van der Waals surface area (Å²) in [4.78, 5) is 2.20. The topological polar surface area (TPSA) is 84.1 Å². The lowest BCUT2D eigenvalue weighted by atomic mass is 9.84. The van der Waals surface area contributed by atoms with E-state index in [-0.39, 0.29) is 18.2 Å². The summed E-state index contributed by atoms with van der Waals surface area (Å²) < 4.78 is 84.6. The first-order valence-corrected chi connectivity index (χ1v) is 13.1. The highest BCUT2D eigenvalue weighted by Crippen LogP contribution is 2.37. The zero-order valence-corrected chi connectivity index (χ0v) is 22.1. The monoisotopic (exact) mass is 581 g/mol. The second-order valence-electron chi connectivity index (χ2n) is 10.2. The van der Waals surface area contributed by atoms with Crippen LogP contribution in [0.1, 0.15) is 53.1 Å². The third-order valence-corrected chi connectivity index (χ3v) is 7.31. The maximum atomic E-state index is 13.2. The van der Waals surface area contributed by atoms with Crippen LogP contribution in [-0.4, -0.2) is 52.2 Å². The summed E-state index contributed by atoms with van der Waals surface area (Å²) in [6.45, 7) is 1.24. The SMILES string of the molecule is [NH2+]=C(COCc1cc(C(F)(F)F)cc(C(F)(F)F)c1)C(CCN1CCC(O)(c2ccccc2)CC1)c1cccnn1. The number of likely N-dealkylation sites (tertiary alicyclic amines) is 1. The van der Waals surface area contributed by atoms with Crippen LogP contribution in [0.2, 0.25) is 0 Å². The third kappa shape index (κ3) is 8.11. The number of hydrogen-bond donors (Lipinski definition) is 2. The van der Waals surface area contributed by atoms with E-state index in [1.807, 2.05) is 30.3 Å². The summed E-state index contributed by atoms with van der Waals surface area (Å²) in [7, 11) is 0. The number of halogens is 6. The lowest BCUT2D eigenvalue weighted by molar-refractivity contribution is -0.143. The molecule has 1 atom stereocenters. The molecule has 1 fully saturated rings. The van der Waals surface area contributed by atoms with Crippen LogP contribution < -0.4 is 5.41 Å². The van der Waals surface area contributed by atoms with Gasteiger partial charge in [0, 0.05) is 19.3 Å². The fourth-order valence-corrected chi connectivity index (χ4v) is 5.01. The standard InChI is InChI=1S/C29H30F6N4O2/c30-28(31,32)22-15-20(16-23(17-22)29(33,34)35)18-41-19-25(36)24(26-7-4-11-37-38-26)8-12-39-13-9-27(40,10-14-39)21-5-2-1-3-6-21/h1-7,11,15-17,24,36,40H,8-10,12-14,18-19H2/p+1. The van der Waals surface area contributed by atoms with Gasteiger partial charge in [0.2, 0.25) is 0 Å². The molecule has 4 rings (SSSR count). The molecule has 1 aliphatic heterocycles. The molecule has 2 aromatic carbocycles. The van der Waals surface area contributed by atoms with Crippen molar-refractivity contribution in [3.05, 3.63) is 94.8 Å². The van der Waals surface area contributed by atoms with Crippen molar-refractivity contribution in [1.29, 1.82) is 0 Å². The molecule has 12 heteroatoms. The Morgan fingerprint density at radius 1 is 0.951 bits per heavy atom. The molecule has 3 aromatic rings. The molecular weight excluding hydrogens is 550 g/mol. The van der Waals surface area contributed by atoms with E-state index >= 15 is 0 Å².